The van der Waals surface area contributed by atoms with Crippen molar-refractivity contribution in [1.29, 1.82) is 5.26 Å². The molecule has 14 heteroatoms. The maximum absolute atomic E-state index is 13.8. The molecule has 36 heavy (non-hydrogen) atoms. The third-order valence-corrected chi connectivity index (χ3v) is 6.40. The van der Waals surface area contributed by atoms with Crippen molar-refractivity contribution in [3.05, 3.63) is 34.6 Å². The van der Waals surface area contributed by atoms with Crippen LogP contribution in [-0.2, 0) is 4.74 Å². The van der Waals surface area contributed by atoms with Gasteiger partial charge in [0.15, 0.2) is 17.2 Å². The number of alkyl halides is 2. The Morgan fingerprint density at radius 3 is 2.81 bits per heavy atom. The molecule has 1 aliphatic carbocycles. The van der Waals surface area contributed by atoms with Crippen LogP contribution in [-0.4, -0.2) is 58.0 Å². The number of amides is 1. The number of methoxy groups -OCH3 is 1. The summed E-state index contributed by atoms with van der Waals surface area (Å²) in [6.45, 7) is 0.873. The van der Waals surface area contributed by atoms with E-state index in [0.717, 1.165) is 12.8 Å². The molecule has 1 saturated carbocycles. The molecule has 1 amide bonds. The van der Waals surface area contributed by atoms with Gasteiger partial charge in [-0.3, -0.25) is 0 Å². The maximum atomic E-state index is 13.8. The number of imidazole rings is 1. The predicted octanol–water partition coefficient (Wildman–Crippen LogP) is 3.84. The van der Waals surface area contributed by atoms with E-state index in [4.69, 9.17) is 11.6 Å². The molecule has 2 aromatic heterocycles. The van der Waals surface area contributed by atoms with Crippen molar-refractivity contribution in [1.82, 2.24) is 24.9 Å². The summed E-state index contributed by atoms with van der Waals surface area (Å²) >= 11 is 6.68. The first-order valence-corrected chi connectivity index (χ1v) is 11.6. The number of ether oxygens (including phenoxy) is 1. The Morgan fingerprint density at radius 2 is 2.11 bits per heavy atom. The average molecular weight is 518 g/mol. The van der Waals surface area contributed by atoms with E-state index in [9.17, 15) is 18.8 Å². The van der Waals surface area contributed by atoms with Crippen LogP contribution in [0, 0.1) is 11.3 Å². The van der Waals surface area contributed by atoms with Crippen LogP contribution in [0.4, 0.5) is 36.7 Å². The Kier molecular flexibility index (Phi) is 6.36. The molecule has 188 valence electrons. The minimum absolute atomic E-state index is 0.0612. The highest BCUT2D eigenvalue weighted by atomic mass is 35.5. The summed E-state index contributed by atoms with van der Waals surface area (Å²) in [5.41, 5.74) is 0.925. The van der Waals surface area contributed by atoms with Gasteiger partial charge in [0.05, 0.1) is 35.7 Å². The first-order valence-electron chi connectivity index (χ1n) is 11.3. The van der Waals surface area contributed by atoms with Gasteiger partial charge in [0.1, 0.15) is 6.07 Å². The Balaban J connectivity index is 1.49. The molecular weight excluding hydrogens is 496 g/mol. The van der Waals surface area contributed by atoms with Gasteiger partial charge in [-0.05, 0) is 31.4 Å². The zero-order chi connectivity index (χ0) is 25.4. The molecular formula is C22H22ClF2N9O2. The Labute approximate surface area is 209 Å². The number of hydrogen-bond acceptors (Lipinski definition) is 9. The topological polar surface area (TPSA) is 132 Å². The highest BCUT2D eigenvalue weighted by Gasteiger charge is 2.28. The van der Waals surface area contributed by atoms with Crippen LogP contribution >= 0.6 is 11.6 Å². The zero-order valence-electron chi connectivity index (χ0n) is 19.1. The van der Waals surface area contributed by atoms with Crippen LogP contribution in [0.15, 0.2) is 18.3 Å². The molecule has 2 aliphatic rings. The number of fused-ring (bicyclic) bond motifs is 1. The summed E-state index contributed by atoms with van der Waals surface area (Å²) in [6, 6.07) is 4.64. The summed E-state index contributed by atoms with van der Waals surface area (Å²) < 4.78 is 33.6. The van der Waals surface area contributed by atoms with E-state index in [0.29, 0.717) is 36.7 Å². The molecule has 1 saturated heterocycles. The van der Waals surface area contributed by atoms with E-state index in [1.807, 2.05) is 11.0 Å². The van der Waals surface area contributed by atoms with E-state index < -0.39 is 12.5 Å². The van der Waals surface area contributed by atoms with Gasteiger partial charge in [-0.25, -0.2) is 18.6 Å². The number of benzene rings is 1. The number of carbonyl (C=O) groups excluding carboxylic acids is 1. The summed E-state index contributed by atoms with van der Waals surface area (Å²) in [5, 5.41) is 22.9. The minimum Gasteiger partial charge on any atom is -0.453 e. The number of nitriles is 1. The number of halogens is 3. The van der Waals surface area contributed by atoms with E-state index in [-0.39, 0.29) is 40.0 Å². The fraction of sp³-hybridized carbons (Fsp3) is 0.409. The van der Waals surface area contributed by atoms with Gasteiger partial charge < -0.3 is 25.6 Å². The number of hydrogen-bond donors (Lipinski definition) is 3. The average Bonchev–Trinajstić information content (AvgIpc) is 3.39. The Bertz CT molecular complexity index is 1360. The Morgan fingerprint density at radius 1 is 1.31 bits per heavy atom. The van der Waals surface area contributed by atoms with Crippen LogP contribution in [0.25, 0.3) is 5.65 Å². The van der Waals surface area contributed by atoms with Crippen molar-refractivity contribution in [2.45, 2.75) is 37.8 Å². The minimum atomic E-state index is -2.75. The van der Waals surface area contributed by atoms with Gasteiger partial charge in [0.2, 0.25) is 5.95 Å². The molecule has 1 aliphatic heterocycles. The number of rotatable bonds is 7. The molecule has 3 heterocycles. The summed E-state index contributed by atoms with van der Waals surface area (Å²) in [5.74, 6) is 0.486. The lowest BCUT2D eigenvalue weighted by molar-refractivity contribution is 0.151. The zero-order valence-corrected chi connectivity index (χ0v) is 19.9. The number of anilines is 4. The SMILES string of the molecule is COC(=O)N[C@@H]1CCN(c2cc(C(F)F)cc(Nc3nc(NC4CC4)c4ncc(C#N)n4n3)c2Cl)C1. The lowest BCUT2D eigenvalue weighted by atomic mass is 10.1. The second-order valence-corrected chi connectivity index (χ2v) is 8.97. The summed E-state index contributed by atoms with van der Waals surface area (Å²) in [6.07, 6.45) is 0.649. The number of nitrogens with zero attached hydrogens (tertiary/aromatic N) is 6. The van der Waals surface area contributed by atoms with Gasteiger partial charge in [0, 0.05) is 24.7 Å². The smallest absolute Gasteiger partial charge is 0.407 e. The van der Waals surface area contributed by atoms with E-state index >= 15 is 0 Å². The van der Waals surface area contributed by atoms with Crippen molar-refractivity contribution < 1.29 is 18.3 Å². The molecule has 11 nitrogen and oxygen atoms in total. The van der Waals surface area contributed by atoms with E-state index in [2.05, 4.69) is 35.8 Å². The van der Waals surface area contributed by atoms with Crippen LogP contribution in [0.3, 0.4) is 0 Å². The predicted molar refractivity (Wildman–Crippen MR) is 128 cm³/mol. The highest BCUT2D eigenvalue weighted by molar-refractivity contribution is 6.36. The van der Waals surface area contributed by atoms with Crippen LogP contribution in [0.1, 0.15) is 36.9 Å². The highest BCUT2D eigenvalue weighted by Crippen LogP contribution is 2.40. The lowest BCUT2D eigenvalue weighted by Crippen LogP contribution is -2.37. The van der Waals surface area contributed by atoms with Gasteiger partial charge in [0.25, 0.3) is 6.43 Å². The second-order valence-electron chi connectivity index (χ2n) is 8.59. The third-order valence-electron chi connectivity index (χ3n) is 6.01. The molecule has 1 aromatic carbocycles. The molecule has 2 fully saturated rings. The molecule has 0 spiro atoms. The molecule has 0 radical (unpaired) electrons. The van der Waals surface area contributed by atoms with Crippen LogP contribution in [0.2, 0.25) is 5.02 Å². The van der Waals surface area contributed by atoms with E-state index in [1.54, 1.807) is 0 Å². The molecule has 3 N–H and O–H groups in total. The van der Waals surface area contributed by atoms with Crippen molar-refractivity contribution in [3.63, 3.8) is 0 Å². The first-order chi connectivity index (χ1) is 17.4. The molecule has 1 atom stereocenters. The van der Waals surface area contributed by atoms with Crippen molar-refractivity contribution in [2.24, 2.45) is 0 Å². The maximum Gasteiger partial charge on any atom is 0.407 e. The van der Waals surface area contributed by atoms with Crippen molar-refractivity contribution >= 4 is 46.5 Å². The molecule has 0 unspecified atom stereocenters. The van der Waals surface area contributed by atoms with Crippen molar-refractivity contribution in [2.75, 3.05) is 35.7 Å². The summed E-state index contributed by atoms with van der Waals surface area (Å²) in [7, 11) is 1.28. The monoisotopic (exact) mass is 517 g/mol. The van der Waals surface area contributed by atoms with Crippen LogP contribution < -0.4 is 20.9 Å². The molecule has 3 aromatic rings. The standard InChI is InChI=1S/C22H22ClF2N9O2/c1-36-22(35)29-13-4-5-33(10-13)16-7-11(18(24)25)6-15(17(16)23)30-21-31-19(28-12-2-3-12)20-27-9-14(8-26)34(20)32-21/h6-7,9,12-13,18H,2-5,10H2,1H3,(H,29,35)(H2,28,30,31,32)/t13-/m1/s1. The largest absolute Gasteiger partial charge is 0.453 e. The van der Waals surface area contributed by atoms with Gasteiger partial charge in [-0.1, -0.05) is 11.6 Å². The van der Waals surface area contributed by atoms with Crippen LogP contribution in [0.5, 0.6) is 0 Å². The summed E-state index contributed by atoms with van der Waals surface area (Å²) in [4.78, 5) is 22.1. The quantitative estimate of drug-likeness (QED) is 0.427. The first kappa shape index (κ1) is 23.8. The normalized spacial score (nSPS) is 17.3. The third kappa shape index (κ3) is 4.76. The number of aromatic nitrogens is 4. The second kappa shape index (κ2) is 9.62. The number of carbonyl (C=O) groups is 1. The van der Waals surface area contributed by atoms with Crippen molar-refractivity contribution in [3.8, 4) is 6.07 Å². The lowest BCUT2D eigenvalue weighted by Gasteiger charge is -2.23. The Hall–Kier alpha value is -3.92. The van der Waals surface area contributed by atoms with Gasteiger partial charge >= 0.3 is 6.09 Å². The molecule has 0 bridgehead atoms. The van der Waals surface area contributed by atoms with E-state index in [1.165, 1.54) is 30.0 Å². The number of alkyl carbamates (subject to hydrolysis) is 1. The fourth-order valence-corrected chi connectivity index (χ4v) is 4.33. The molecule has 5 rings (SSSR count). The fourth-order valence-electron chi connectivity index (χ4n) is 4.05. The number of nitrogens with one attached hydrogen (secondary N) is 3. The van der Waals surface area contributed by atoms with Gasteiger partial charge in [-0.2, -0.15) is 14.8 Å². The van der Waals surface area contributed by atoms with Gasteiger partial charge in [-0.15, -0.1) is 5.10 Å².